The van der Waals surface area contributed by atoms with E-state index in [0.29, 0.717) is 6.54 Å². The molecule has 0 unspecified atom stereocenters. The summed E-state index contributed by atoms with van der Waals surface area (Å²) in [5.41, 5.74) is 3.68. The first kappa shape index (κ1) is 15.1. The second-order valence-electron chi connectivity index (χ2n) is 5.47. The maximum absolute atomic E-state index is 4.45. The molecule has 0 spiro atoms. The molecule has 3 heterocycles. The van der Waals surface area contributed by atoms with Crippen LogP contribution in [0.25, 0.3) is 11.3 Å². The molecule has 0 saturated carbocycles. The van der Waals surface area contributed by atoms with E-state index < -0.39 is 0 Å². The zero-order chi connectivity index (χ0) is 16.2. The monoisotopic (exact) mass is 309 g/mol. The lowest BCUT2D eigenvalue weighted by atomic mass is 10.2. The highest BCUT2D eigenvalue weighted by atomic mass is 15.4. The van der Waals surface area contributed by atoms with Crippen LogP contribution in [0.1, 0.15) is 24.4 Å². The average Bonchev–Trinajstić information content (AvgIpc) is 3.15. The fourth-order valence-corrected chi connectivity index (χ4v) is 2.44. The zero-order valence-electron chi connectivity index (χ0n) is 13.3. The predicted octanol–water partition coefficient (Wildman–Crippen LogP) is 2.23. The Morgan fingerprint density at radius 1 is 1.30 bits per heavy atom. The summed E-state index contributed by atoms with van der Waals surface area (Å²) in [6.45, 7) is 8.46. The van der Waals surface area contributed by atoms with Crippen LogP contribution < -0.4 is 0 Å². The first-order valence-electron chi connectivity index (χ1n) is 7.49. The van der Waals surface area contributed by atoms with E-state index in [1.54, 1.807) is 18.6 Å². The van der Waals surface area contributed by atoms with Gasteiger partial charge in [0.15, 0.2) is 0 Å². The molecule has 3 rings (SSSR count). The third kappa shape index (κ3) is 3.33. The van der Waals surface area contributed by atoms with Crippen molar-refractivity contribution in [1.29, 1.82) is 0 Å². The van der Waals surface area contributed by atoms with Gasteiger partial charge in [0, 0.05) is 36.8 Å². The van der Waals surface area contributed by atoms with Crippen molar-refractivity contribution in [2.24, 2.45) is 0 Å². The summed E-state index contributed by atoms with van der Waals surface area (Å²) in [6, 6.07) is 0.150. The number of aryl methyl sites for hydroxylation is 1. The van der Waals surface area contributed by atoms with Crippen LogP contribution in [-0.2, 0) is 13.0 Å². The average molecular weight is 309 g/mol. The lowest BCUT2D eigenvalue weighted by Gasteiger charge is -2.09. The van der Waals surface area contributed by atoms with Crippen LogP contribution in [-0.4, -0.2) is 34.7 Å². The van der Waals surface area contributed by atoms with Gasteiger partial charge in [0.05, 0.1) is 30.2 Å². The van der Waals surface area contributed by atoms with Crippen molar-refractivity contribution in [2.45, 2.75) is 32.9 Å². The first-order chi connectivity index (χ1) is 11.2. The van der Waals surface area contributed by atoms with E-state index in [-0.39, 0.29) is 6.04 Å². The number of hydrogen-bond acceptors (Lipinski definition) is 5. The van der Waals surface area contributed by atoms with E-state index in [1.165, 1.54) is 0 Å². The van der Waals surface area contributed by atoms with Crippen molar-refractivity contribution in [2.75, 3.05) is 0 Å². The molecule has 0 fully saturated rings. The third-order valence-electron chi connectivity index (χ3n) is 3.62. The molecule has 0 bridgehead atoms. The fraction of sp³-hybridized carbons (Fsp3) is 0.312. The summed E-state index contributed by atoms with van der Waals surface area (Å²) in [5, 5.41) is 13.0. The molecule has 0 radical (unpaired) electrons. The normalized spacial score (nSPS) is 12.3. The molecule has 0 N–H and O–H groups in total. The number of allylic oxidation sites excluding steroid dienone is 1. The summed E-state index contributed by atoms with van der Waals surface area (Å²) in [5.74, 6) is 0. The minimum Gasteiger partial charge on any atom is -0.268 e. The SMILES string of the molecule is C=CCn1cc(-c2cn([C@H](C)Cc3cnccn3)nn2)c(C)n1. The van der Waals surface area contributed by atoms with Gasteiger partial charge in [-0.3, -0.25) is 14.6 Å². The molecule has 23 heavy (non-hydrogen) atoms. The topological polar surface area (TPSA) is 74.3 Å². The standard InChI is InChI=1S/C16H19N7/c1-4-7-22-10-15(13(3)20-22)16-11-23(21-19-16)12(2)8-14-9-17-5-6-18-14/h4-6,9-12H,1,7-8H2,2-3H3/t12-/m1/s1. The summed E-state index contributed by atoms with van der Waals surface area (Å²) in [7, 11) is 0. The molecule has 0 saturated heterocycles. The molecular formula is C16H19N7. The lowest BCUT2D eigenvalue weighted by molar-refractivity contribution is 0.469. The number of rotatable bonds is 6. The van der Waals surface area contributed by atoms with Crippen LogP contribution in [0.4, 0.5) is 0 Å². The molecular weight excluding hydrogens is 290 g/mol. The smallest absolute Gasteiger partial charge is 0.116 e. The molecule has 7 heteroatoms. The van der Waals surface area contributed by atoms with Gasteiger partial charge in [0.2, 0.25) is 0 Å². The zero-order valence-corrected chi connectivity index (χ0v) is 13.3. The number of nitrogens with zero attached hydrogens (tertiary/aromatic N) is 7. The van der Waals surface area contributed by atoms with Gasteiger partial charge in [-0.2, -0.15) is 5.10 Å². The molecule has 7 nitrogen and oxygen atoms in total. The third-order valence-corrected chi connectivity index (χ3v) is 3.62. The second-order valence-corrected chi connectivity index (χ2v) is 5.47. The number of hydrogen-bond donors (Lipinski definition) is 0. The van der Waals surface area contributed by atoms with E-state index in [2.05, 4.69) is 38.9 Å². The molecule has 3 aromatic heterocycles. The van der Waals surface area contributed by atoms with Crippen molar-refractivity contribution >= 4 is 0 Å². The van der Waals surface area contributed by atoms with Gasteiger partial charge >= 0.3 is 0 Å². The molecule has 0 aliphatic carbocycles. The lowest BCUT2D eigenvalue weighted by Crippen LogP contribution is -2.10. The molecule has 0 aliphatic heterocycles. The van der Waals surface area contributed by atoms with E-state index >= 15 is 0 Å². The van der Waals surface area contributed by atoms with Gasteiger partial charge in [0.1, 0.15) is 5.69 Å². The summed E-state index contributed by atoms with van der Waals surface area (Å²) in [4.78, 5) is 8.39. The minimum atomic E-state index is 0.150. The Labute approximate surface area is 134 Å². The van der Waals surface area contributed by atoms with Crippen molar-refractivity contribution in [3.63, 3.8) is 0 Å². The van der Waals surface area contributed by atoms with Gasteiger partial charge < -0.3 is 0 Å². The predicted molar refractivity (Wildman–Crippen MR) is 86.6 cm³/mol. The Bertz CT molecular complexity index is 788. The second kappa shape index (κ2) is 6.51. The largest absolute Gasteiger partial charge is 0.268 e. The van der Waals surface area contributed by atoms with Crippen LogP contribution in [0, 0.1) is 6.92 Å². The van der Waals surface area contributed by atoms with Gasteiger partial charge in [-0.25, -0.2) is 4.68 Å². The maximum Gasteiger partial charge on any atom is 0.116 e. The van der Waals surface area contributed by atoms with Crippen molar-refractivity contribution in [3.05, 3.63) is 55.0 Å². The summed E-state index contributed by atoms with van der Waals surface area (Å²) < 4.78 is 3.70. The minimum absolute atomic E-state index is 0.150. The van der Waals surface area contributed by atoms with E-state index in [9.17, 15) is 0 Å². The van der Waals surface area contributed by atoms with Crippen LogP contribution >= 0.6 is 0 Å². The summed E-state index contributed by atoms with van der Waals surface area (Å²) in [6.07, 6.45) is 11.6. The quantitative estimate of drug-likeness (QED) is 0.653. The van der Waals surface area contributed by atoms with Crippen LogP contribution in [0.15, 0.2) is 43.6 Å². The maximum atomic E-state index is 4.45. The Morgan fingerprint density at radius 2 is 2.17 bits per heavy atom. The molecule has 0 aromatic carbocycles. The highest BCUT2D eigenvalue weighted by molar-refractivity contribution is 5.59. The van der Waals surface area contributed by atoms with Gasteiger partial charge in [0.25, 0.3) is 0 Å². The molecule has 118 valence electrons. The molecule has 3 aromatic rings. The van der Waals surface area contributed by atoms with Crippen LogP contribution in [0.3, 0.4) is 0 Å². The van der Waals surface area contributed by atoms with Crippen LogP contribution in [0.5, 0.6) is 0 Å². The number of aromatic nitrogens is 7. The van der Waals surface area contributed by atoms with Gasteiger partial charge in [-0.05, 0) is 13.8 Å². The molecule has 0 amide bonds. The van der Waals surface area contributed by atoms with Gasteiger partial charge in [-0.15, -0.1) is 11.7 Å². The highest BCUT2D eigenvalue weighted by Crippen LogP contribution is 2.21. The fourth-order valence-electron chi connectivity index (χ4n) is 2.44. The van der Waals surface area contributed by atoms with Gasteiger partial charge in [-0.1, -0.05) is 11.3 Å². The Hall–Kier alpha value is -2.83. The van der Waals surface area contributed by atoms with E-state index in [0.717, 1.165) is 29.1 Å². The van der Waals surface area contributed by atoms with Crippen molar-refractivity contribution in [3.8, 4) is 11.3 Å². The van der Waals surface area contributed by atoms with E-state index in [4.69, 9.17) is 0 Å². The Kier molecular flexibility index (Phi) is 4.27. The van der Waals surface area contributed by atoms with Crippen LogP contribution in [0.2, 0.25) is 0 Å². The Balaban J connectivity index is 1.78. The summed E-state index contributed by atoms with van der Waals surface area (Å²) >= 11 is 0. The first-order valence-corrected chi connectivity index (χ1v) is 7.49. The molecule has 0 aliphatic rings. The highest BCUT2D eigenvalue weighted by Gasteiger charge is 2.14. The van der Waals surface area contributed by atoms with Crippen molar-refractivity contribution < 1.29 is 0 Å². The van der Waals surface area contributed by atoms with E-state index in [1.807, 2.05) is 34.8 Å². The molecule has 1 atom stereocenters. The Morgan fingerprint density at radius 3 is 2.91 bits per heavy atom. The van der Waals surface area contributed by atoms with Crippen molar-refractivity contribution in [1.82, 2.24) is 34.7 Å².